The van der Waals surface area contributed by atoms with Gasteiger partial charge in [-0.05, 0) is 26.0 Å². The fraction of sp³-hybridized carbons (Fsp3) is 0.125. The molecule has 0 fully saturated rings. The van der Waals surface area contributed by atoms with Crippen molar-refractivity contribution in [3.05, 3.63) is 52.3 Å². The van der Waals surface area contributed by atoms with Gasteiger partial charge >= 0.3 is 0 Å². The van der Waals surface area contributed by atoms with Gasteiger partial charge in [-0.25, -0.2) is 15.0 Å². The van der Waals surface area contributed by atoms with Gasteiger partial charge in [0, 0.05) is 0 Å². The number of thiophene rings is 1. The van der Waals surface area contributed by atoms with Crippen molar-refractivity contribution in [2.24, 2.45) is 0 Å². The lowest BCUT2D eigenvalue weighted by Gasteiger charge is -2.05. The monoisotopic (exact) mass is 323 g/mol. The average molecular weight is 323 g/mol. The van der Waals surface area contributed by atoms with Crippen LogP contribution in [-0.2, 0) is 0 Å². The van der Waals surface area contributed by atoms with Gasteiger partial charge in [-0.2, -0.15) is 0 Å². The minimum atomic E-state index is -0.126. The molecular weight excluding hydrogens is 310 g/mol. The molecule has 0 aliphatic heterocycles. The highest BCUT2D eigenvalue weighted by Crippen LogP contribution is 2.32. The van der Waals surface area contributed by atoms with E-state index in [0.29, 0.717) is 32.1 Å². The zero-order valence-corrected chi connectivity index (χ0v) is 13.4. The van der Waals surface area contributed by atoms with Crippen molar-refractivity contribution < 1.29 is 0 Å². The third kappa shape index (κ3) is 2.08. The maximum absolute atomic E-state index is 12.8. The van der Waals surface area contributed by atoms with E-state index in [4.69, 9.17) is 5.73 Å². The number of hydrogen-bond donors (Lipinski definition) is 1. The summed E-state index contributed by atoms with van der Waals surface area (Å²) in [6.07, 6.45) is 1.53. The lowest BCUT2D eigenvalue weighted by atomic mass is 10.2. The highest BCUT2D eigenvalue weighted by Gasteiger charge is 2.16. The van der Waals surface area contributed by atoms with E-state index >= 15 is 0 Å². The number of nitrogens with zero attached hydrogens (tertiary/aromatic N) is 4. The summed E-state index contributed by atoms with van der Waals surface area (Å²) in [4.78, 5) is 26.5. The van der Waals surface area contributed by atoms with E-state index in [1.165, 1.54) is 22.2 Å². The molecule has 0 radical (unpaired) electrons. The van der Waals surface area contributed by atoms with Crippen LogP contribution in [0.25, 0.3) is 26.1 Å². The molecule has 7 heteroatoms. The van der Waals surface area contributed by atoms with Gasteiger partial charge in [0.05, 0.1) is 11.1 Å². The predicted octanol–water partition coefficient (Wildman–Crippen LogP) is 2.59. The number of nitrogen functional groups attached to an aromatic ring is 1. The second kappa shape index (κ2) is 4.85. The van der Waals surface area contributed by atoms with Crippen LogP contribution in [0.2, 0.25) is 0 Å². The molecule has 0 unspecified atom stereocenters. The summed E-state index contributed by atoms with van der Waals surface area (Å²) >= 11 is 1.30. The Hall–Kier alpha value is -2.80. The molecule has 3 aromatic heterocycles. The maximum atomic E-state index is 12.8. The third-order valence-corrected chi connectivity index (χ3v) is 4.75. The normalized spacial score (nSPS) is 11.4. The fourth-order valence-electron chi connectivity index (χ4n) is 2.56. The molecule has 0 saturated carbocycles. The molecule has 0 spiro atoms. The Labute approximate surface area is 135 Å². The molecular formula is C16H13N5OS. The summed E-state index contributed by atoms with van der Waals surface area (Å²) in [5, 5.41) is 0.656. The SMILES string of the molecule is Cc1ccc(-n2cnc3c(sc4nc(C)nc(N)c43)c2=O)cc1. The van der Waals surface area contributed by atoms with Crippen LogP contribution in [0, 0.1) is 13.8 Å². The lowest BCUT2D eigenvalue weighted by molar-refractivity contribution is 0.966. The van der Waals surface area contributed by atoms with E-state index < -0.39 is 0 Å². The summed E-state index contributed by atoms with van der Waals surface area (Å²) < 4.78 is 2.07. The molecule has 0 saturated heterocycles. The summed E-state index contributed by atoms with van der Waals surface area (Å²) in [6.45, 7) is 3.78. The fourth-order valence-corrected chi connectivity index (χ4v) is 3.67. The molecule has 1 aromatic carbocycles. The van der Waals surface area contributed by atoms with Crippen molar-refractivity contribution >= 4 is 37.6 Å². The summed E-state index contributed by atoms with van der Waals surface area (Å²) in [6, 6.07) is 7.72. The number of benzene rings is 1. The van der Waals surface area contributed by atoms with Crippen molar-refractivity contribution in [2.45, 2.75) is 13.8 Å². The molecule has 4 aromatic rings. The molecule has 3 heterocycles. The van der Waals surface area contributed by atoms with Crippen LogP contribution in [0.5, 0.6) is 0 Å². The Balaban J connectivity index is 2.06. The van der Waals surface area contributed by atoms with Gasteiger partial charge in [-0.15, -0.1) is 11.3 Å². The molecule has 0 aliphatic carbocycles. The van der Waals surface area contributed by atoms with Crippen molar-refractivity contribution in [3.8, 4) is 5.69 Å². The van der Waals surface area contributed by atoms with Gasteiger partial charge in [-0.3, -0.25) is 9.36 Å². The molecule has 0 bridgehead atoms. The maximum Gasteiger partial charge on any atom is 0.275 e. The van der Waals surface area contributed by atoms with Crippen molar-refractivity contribution in [3.63, 3.8) is 0 Å². The summed E-state index contributed by atoms with van der Waals surface area (Å²) in [7, 11) is 0. The van der Waals surface area contributed by atoms with Gasteiger partial charge in [0.2, 0.25) is 0 Å². The van der Waals surface area contributed by atoms with E-state index in [0.717, 1.165) is 11.3 Å². The first-order valence-corrected chi connectivity index (χ1v) is 7.87. The zero-order valence-electron chi connectivity index (χ0n) is 12.6. The molecule has 0 amide bonds. The van der Waals surface area contributed by atoms with E-state index in [2.05, 4.69) is 15.0 Å². The molecule has 4 rings (SSSR count). The second-order valence-corrected chi connectivity index (χ2v) is 6.37. The second-order valence-electron chi connectivity index (χ2n) is 5.37. The number of nitrogens with two attached hydrogens (primary N) is 1. The van der Waals surface area contributed by atoms with Crippen molar-refractivity contribution in [1.82, 2.24) is 19.5 Å². The van der Waals surface area contributed by atoms with Crippen LogP contribution < -0.4 is 11.3 Å². The first kappa shape index (κ1) is 13.8. The quantitative estimate of drug-likeness (QED) is 0.582. The van der Waals surface area contributed by atoms with E-state index in [9.17, 15) is 4.79 Å². The van der Waals surface area contributed by atoms with Crippen LogP contribution in [-0.4, -0.2) is 19.5 Å². The van der Waals surface area contributed by atoms with Crippen LogP contribution in [0.1, 0.15) is 11.4 Å². The van der Waals surface area contributed by atoms with Crippen LogP contribution >= 0.6 is 11.3 Å². The predicted molar refractivity (Wildman–Crippen MR) is 92.2 cm³/mol. The number of rotatable bonds is 1. The zero-order chi connectivity index (χ0) is 16.1. The largest absolute Gasteiger partial charge is 0.383 e. The van der Waals surface area contributed by atoms with E-state index in [-0.39, 0.29) is 5.56 Å². The molecule has 0 atom stereocenters. The Morgan fingerprint density at radius 3 is 2.61 bits per heavy atom. The number of fused-ring (bicyclic) bond motifs is 3. The van der Waals surface area contributed by atoms with Crippen LogP contribution in [0.15, 0.2) is 35.4 Å². The summed E-state index contributed by atoms with van der Waals surface area (Å²) in [5.74, 6) is 0.944. The minimum Gasteiger partial charge on any atom is -0.383 e. The summed E-state index contributed by atoms with van der Waals surface area (Å²) in [5.41, 5.74) is 8.35. The molecule has 2 N–H and O–H groups in total. The van der Waals surface area contributed by atoms with E-state index in [1.54, 1.807) is 6.92 Å². The van der Waals surface area contributed by atoms with Gasteiger partial charge in [-0.1, -0.05) is 17.7 Å². The van der Waals surface area contributed by atoms with Gasteiger partial charge in [0.1, 0.15) is 33.0 Å². The molecule has 0 aliphatic rings. The number of aromatic nitrogens is 4. The highest BCUT2D eigenvalue weighted by molar-refractivity contribution is 7.25. The first-order valence-electron chi connectivity index (χ1n) is 7.05. The third-order valence-electron chi connectivity index (χ3n) is 3.69. The van der Waals surface area contributed by atoms with Gasteiger partial charge < -0.3 is 5.73 Å². The molecule has 23 heavy (non-hydrogen) atoms. The standard InChI is InChI=1S/C16H13N5OS/c1-8-3-5-10(6-4-8)21-7-18-12-11-14(17)19-9(2)20-15(11)23-13(12)16(21)22/h3-7H,1-2H3,(H2,17,19,20). The topological polar surface area (TPSA) is 86.7 Å². The highest BCUT2D eigenvalue weighted by atomic mass is 32.1. The minimum absolute atomic E-state index is 0.126. The Kier molecular flexibility index (Phi) is 2.92. The van der Waals surface area contributed by atoms with Crippen molar-refractivity contribution in [2.75, 3.05) is 5.73 Å². The first-order chi connectivity index (χ1) is 11.0. The van der Waals surface area contributed by atoms with Crippen LogP contribution in [0.4, 0.5) is 5.82 Å². The Morgan fingerprint density at radius 2 is 1.87 bits per heavy atom. The molecule has 114 valence electrons. The smallest absolute Gasteiger partial charge is 0.275 e. The Morgan fingerprint density at radius 1 is 1.13 bits per heavy atom. The molecule has 6 nitrogen and oxygen atoms in total. The van der Waals surface area contributed by atoms with Crippen molar-refractivity contribution in [1.29, 1.82) is 0 Å². The number of aryl methyl sites for hydroxylation is 2. The Bertz CT molecular complexity index is 1110. The van der Waals surface area contributed by atoms with Gasteiger partial charge in [0.25, 0.3) is 5.56 Å². The number of hydrogen-bond acceptors (Lipinski definition) is 6. The van der Waals surface area contributed by atoms with E-state index in [1.807, 2.05) is 31.2 Å². The average Bonchev–Trinajstić information content (AvgIpc) is 2.88. The van der Waals surface area contributed by atoms with Crippen LogP contribution in [0.3, 0.4) is 0 Å². The lowest BCUT2D eigenvalue weighted by Crippen LogP contribution is -2.17. The number of anilines is 1. The van der Waals surface area contributed by atoms with Gasteiger partial charge in [0.15, 0.2) is 0 Å².